The van der Waals surface area contributed by atoms with E-state index >= 15 is 0 Å². The smallest absolute Gasteiger partial charge is 0.137 e. The summed E-state index contributed by atoms with van der Waals surface area (Å²) in [6.07, 6.45) is 7.58. The Kier molecular flexibility index (Phi) is 6.70. The second-order valence-electron chi connectivity index (χ2n) is 7.26. The standard InChI is InChI=1S/C24H26FN3S/c25-21-5-4-8-24(14-11-21)29-26-22-12-9-20(10-13-22)19-27-15-17-28(18-16-27)23-6-2-1-3-7-23/h1-14,21,26H,15-19H2. The number of rotatable bonds is 6. The van der Waals surface area contributed by atoms with Gasteiger partial charge < -0.3 is 9.62 Å². The lowest BCUT2D eigenvalue weighted by Gasteiger charge is -2.36. The van der Waals surface area contributed by atoms with Crippen molar-refractivity contribution in [2.24, 2.45) is 0 Å². The van der Waals surface area contributed by atoms with Gasteiger partial charge in [0.15, 0.2) is 0 Å². The number of piperazine rings is 1. The molecule has 2 aliphatic rings. The highest BCUT2D eigenvalue weighted by Crippen LogP contribution is 2.23. The average molecular weight is 408 g/mol. The molecule has 2 aromatic rings. The minimum absolute atomic E-state index is 0.979. The van der Waals surface area contributed by atoms with Crippen LogP contribution in [0.4, 0.5) is 15.8 Å². The van der Waals surface area contributed by atoms with Crippen LogP contribution in [0.15, 0.2) is 89.9 Å². The van der Waals surface area contributed by atoms with E-state index in [1.54, 1.807) is 18.2 Å². The van der Waals surface area contributed by atoms with E-state index in [0.29, 0.717) is 0 Å². The van der Waals surface area contributed by atoms with Gasteiger partial charge in [-0.15, -0.1) is 0 Å². The summed E-state index contributed by atoms with van der Waals surface area (Å²) in [6.45, 7) is 5.27. The maximum absolute atomic E-state index is 13.3. The number of hydrogen-bond donors (Lipinski definition) is 1. The highest BCUT2D eigenvalue weighted by molar-refractivity contribution is 8.04. The summed E-state index contributed by atoms with van der Waals surface area (Å²) in [5.74, 6) is 0. The van der Waals surface area contributed by atoms with Crippen molar-refractivity contribution in [2.75, 3.05) is 35.8 Å². The van der Waals surface area contributed by atoms with Crippen LogP contribution in [0.25, 0.3) is 0 Å². The molecular weight excluding hydrogens is 381 g/mol. The Bertz CT molecular complexity index is 869. The van der Waals surface area contributed by atoms with Crippen LogP contribution in [0, 0.1) is 0 Å². The molecule has 0 radical (unpaired) electrons. The molecule has 2 aromatic carbocycles. The summed E-state index contributed by atoms with van der Waals surface area (Å²) in [6, 6.07) is 19.2. The molecule has 0 aromatic heterocycles. The molecule has 29 heavy (non-hydrogen) atoms. The molecule has 1 atom stereocenters. The maximum Gasteiger partial charge on any atom is 0.137 e. The summed E-state index contributed by atoms with van der Waals surface area (Å²) >= 11 is 1.50. The Morgan fingerprint density at radius 3 is 2.45 bits per heavy atom. The van der Waals surface area contributed by atoms with Gasteiger partial charge in [0, 0.05) is 49.0 Å². The van der Waals surface area contributed by atoms with Crippen LogP contribution in [-0.4, -0.2) is 37.3 Å². The van der Waals surface area contributed by atoms with Crippen LogP contribution in [0.3, 0.4) is 0 Å². The molecule has 150 valence electrons. The summed E-state index contributed by atoms with van der Waals surface area (Å²) < 4.78 is 16.6. The third-order valence-electron chi connectivity index (χ3n) is 5.14. The zero-order valence-electron chi connectivity index (χ0n) is 16.4. The van der Waals surface area contributed by atoms with Crippen molar-refractivity contribution in [1.82, 2.24) is 4.90 Å². The van der Waals surface area contributed by atoms with E-state index in [2.05, 4.69) is 69.1 Å². The van der Waals surface area contributed by atoms with Crippen LogP contribution < -0.4 is 9.62 Å². The van der Waals surface area contributed by atoms with Gasteiger partial charge in [0.2, 0.25) is 0 Å². The highest BCUT2D eigenvalue weighted by atomic mass is 32.2. The van der Waals surface area contributed by atoms with Gasteiger partial charge in [-0.3, -0.25) is 4.90 Å². The van der Waals surface area contributed by atoms with Crippen LogP contribution in [0.2, 0.25) is 0 Å². The first kappa shape index (κ1) is 19.8. The van der Waals surface area contributed by atoms with E-state index in [-0.39, 0.29) is 0 Å². The zero-order chi connectivity index (χ0) is 19.9. The number of hydrogen-bond acceptors (Lipinski definition) is 4. The van der Waals surface area contributed by atoms with Crippen LogP contribution in [0.5, 0.6) is 0 Å². The Morgan fingerprint density at radius 1 is 0.931 bits per heavy atom. The minimum atomic E-state index is -1.00. The topological polar surface area (TPSA) is 18.5 Å². The van der Waals surface area contributed by atoms with Crippen molar-refractivity contribution in [1.29, 1.82) is 0 Å². The molecule has 1 saturated heterocycles. The fraction of sp³-hybridized carbons (Fsp3) is 0.250. The molecule has 1 fully saturated rings. The Hall–Kier alpha value is -2.50. The van der Waals surface area contributed by atoms with Crippen molar-refractivity contribution in [2.45, 2.75) is 12.7 Å². The molecule has 4 rings (SSSR count). The average Bonchev–Trinajstić information content (AvgIpc) is 2.98. The number of anilines is 2. The van der Waals surface area contributed by atoms with Gasteiger partial charge in [-0.25, -0.2) is 4.39 Å². The van der Waals surface area contributed by atoms with Gasteiger partial charge in [-0.05, 0) is 66.1 Å². The zero-order valence-corrected chi connectivity index (χ0v) is 17.2. The Labute approximate surface area is 176 Å². The fourth-order valence-corrected chi connectivity index (χ4v) is 4.15. The van der Waals surface area contributed by atoms with Gasteiger partial charge in [0.05, 0.1) is 0 Å². The molecule has 1 aliphatic carbocycles. The Morgan fingerprint density at radius 2 is 1.69 bits per heavy atom. The first-order valence-corrected chi connectivity index (χ1v) is 10.8. The molecule has 0 spiro atoms. The third kappa shape index (κ3) is 5.75. The number of para-hydroxylation sites is 1. The number of alkyl halides is 1. The van der Waals surface area contributed by atoms with Crippen molar-refractivity contribution in [3.05, 3.63) is 95.4 Å². The van der Waals surface area contributed by atoms with Crippen molar-refractivity contribution in [3.63, 3.8) is 0 Å². The molecule has 0 saturated carbocycles. The molecule has 1 aliphatic heterocycles. The lowest BCUT2D eigenvalue weighted by Crippen LogP contribution is -2.45. The number of halogens is 1. The van der Waals surface area contributed by atoms with Crippen molar-refractivity contribution >= 4 is 23.3 Å². The molecule has 5 heteroatoms. The second kappa shape index (κ2) is 9.81. The number of nitrogens with zero attached hydrogens (tertiary/aromatic N) is 2. The minimum Gasteiger partial charge on any atom is -0.369 e. The van der Waals surface area contributed by atoms with Gasteiger partial charge >= 0.3 is 0 Å². The molecule has 1 N–H and O–H groups in total. The largest absolute Gasteiger partial charge is 0.369 e. The quantitative estimate of drug-likeness (QED) is 0.645. The lowest BCUT2D eigenvalue weighted by molar-refractivity contribution is 0.250. The van der Waals surface area contributed by atoms with Crippen LogP contribution in [0.1, 0.15) is 5.56 Å². The SMILES string of the molecule is FC1C=CC=C(SNc2ccc(CN3CCN(c4ccccc4)CC3)cc2)C=C1. The maximum atomic E-state index is 13.3. The normalized spacial score (nSPS) is 19.7. The molecular formula is C24H26FN3S. The van der Waals surface area contributed by atoms with E-state index < -0.39 is 6.17 Å². The van der Waals surface area contributed by atoms with Gasteiger partial charge in [-0.2, -0.15) is 0 Å². The molecule has 0 bridgehead atoms. The molecule has 3 nitrogen and oxygen atoms in total. The van der Waals surface area contributed by atoms with Gasteiger partial charge in [-0.1, -0.05) is 36.4 Å². The first-order valence-electron chi connectivity index (χ1n) is 10.0. The molecule has 1 unspecified atom stereocenters. The number of benzene rings is 2. The molecule has 1 heterocycles. The first-order chi connectivity index (χ1) is 14.3. The van der Waals surface area contributed by atoms with E-state index in [9.17, 15) is 4.39 Å². The van der Waals surface area contributed by atoms with E-state index in [1.165, 1.54) is 23.2 Å². The lowest BCUT2D eigenvalue weighted by atomic mass is 10.1. The van der Waals surface area contributed by atoms with Crippen molar-refractivity contribution < 1.29 is 4.39 Å². The summed E-state index contributed by atoms with van der Waals surface area (Å²) in [7, 11) is 0. The van der Waals surface area contributed by atoms with E-state index in [4.69, 9.17) is 0 Å². The number of allylic oxidation sites excluding steroid dienone is 5. The van der Waals surface area contributed by atoms with E-state index in [0.717, 1.165) is 43.3 Å². The van der Waals surface area contributed by atoms with Crippen LogP contribution >= 0.6 is 11.9 Å². The fourth-order valence-electron chi connectivity index (χ4n) is 3.49. The predicted octanol–water partition coefficient (Wildman–Crippen LogP) is 5.42. The van der Waals surface area contributed by atoms with Crippen LogP contribution in [-0.2, 0) is 6.54 Å². The number of nitrogens with one attached hydrogen (secondary N) is 1. The van der Waals surface area contributed by atoms with E-state index in [1.807, 2.05) is 12.2 Å². The summed E-state index contributed by atoms with van der Waals surface area (Å²) in [5.41, 5.74) is 3.69. The highest BCUT2D eigenvalue weighted by Gasteiger charge is 2.17. The van der Waals surface area contributed by atoms with Gasteiger partial charge in [0.25, 0.3) is 0 Å². The Balaban J connectivity index is 1.24. The monoisotopic (exact) mass is 407 g/mol. The third-order valence-corrected chi connectivity index (χ3v) is 5.99. The predicted molar refractivity (Wildman–Crippen MR) is 123 cm³/mol. The van der Waals surface area contributed by atoms with Gasteiger partial charge in [0.1, 0.15) is 6.17 Å². The summed E-state index contributed by atoms with van der Waals surface area (Å²) in [4.78, 5) is 5.96. The second-order valence-corrected chi connectivity index (χ2v) is 8.14. The van der Waals surface area contributed by atoms with Crippen molar-refractivity contribution in [3.8, 4) is 0 Å². The summed E-state index contributed by atoms with van der Waals surface area (Å²) in [5, 5.41) is 0. The molecule has 0 amide bonds.